The van der Waals surface area contributed by atoms with Crippen molar-refractivity contribution < 1.29 is 26.8 Å². The molecule has 1 aliphatic rings. The highest BCUT2D eigenvalue weighted by Crippen LogP contribution is 2.35. The number of carbonyl (C=O) groups is 2. The first-order chi connectivity index (χ1) is 15.6. The molecule has 0 unspecified atom stereocenters. The standard InChI is InChI=1S/C24H20F2N2O4S/c1-33(31,32)19-7-8-21-20(14-19)27-24(30)22(11-15-5-3-2-4-6-15)28(21)23(29)12-16-9-17(25)13-18(26)10-16/h2-10,13-14,22H,11-12H2,1H3,(H,27,30)/t22-/m0/s1. The van der Waals surface area contributed by atoms with Crippen LogP contribution in [0.3, 0.4) is 0 Å². The van der Waals surface area contributed by atoms with Gasteiger partial charge in [0.05, 0.1) is 22.7 Å². The van der Waals surface area contributed by atoms with Crippen LogP contribution in [0.25, 0.3) is 0 Å². The fraction of sp³-hybridized carbons (Fsp3) is 0.167. The number of hydrogen-bond acceptors (Lipinski definition) is 4. The lowest BCUT2D eigenvalue weighted by molar-refractivity contribution is -0.123. The molecule has 0 aromatic heterocycles. The third-order valence-corrected chi connectivity index (χ3v) is 6.46. The molecule has 33 heavy (non-hydrogen) atoms. The predicted molar refractivity (Wildman–Crippen MR) is 120 cm³/mol. The van der Waals surface area contributed by atoms with Crippen molar-refractivity contribution in [2.24, 2.45) is 0 Å². The zero-order valence-corrected chi connectivity index (χ0v) is 18.4. The number of nitrogens with zero attached hydrogens (tertiary/aromatic N) is 1. The summed E-state index contributed by atoms with van der Waals surface area (Å²) < 4.78 is 51.2. The van der Waals surface area contributed by atoms with Crippen molar-refractivity contribution in [1.29, 1.82) is 0 Å². The van der Waals surface area contributed by atoms with Crippen LogP contribution in [0.5, 0.6) is 0 Å². The maximum Gasteiger partial charge on any atom is 0.247 e. The molecule has 170 valence electrons. The summed E-state index contributed by atoms with van der Waals surface area (Å²) in [6.07, 6.45) is 0.892. The van der Waals surface area contributed by atoms with E-state index in [1.54, 1.807) is 0 Å². The zero-order chi connectivity index (χ0) is 23.8. The minimum Gasteiger partial charge on any atom is -0.322 e. The molecule has 6 nitrogen and oxygen atoms in total. The molecule has 1 heterocycles. The lowest BCUT2D eigenvalue weighted by Gasteiger charge is -2.37. The van der Waals surface area contributed by atoms with Crippen LogP contribution in [-0.2, 0) is 32.3 Å². The second kappa shape index (κ2) is 8.74. The Morgan fingerprint density at radius 2 is 1.64 bits per heavy atom. The first-order valence-corrected chi connectivity index (χ1v) is 12.0. The van der Waals surface area contributed by atoms with Crippen molar-refractivity contribution in [3.8, 4) is 0 Å². The molecule has 0 aliphatic carbocycles. The van der Waals surface area contributed by atoms with Gasteiger partial charge in [-0.05, 0) is 41.5 Å². The quantitative estimate of drug-likeness (QED) is 0.619. The molecule has 3 aromatic carbocycles. The van der Waals surface area contributed by atoms with Crippen LogP contribution in [0.2, 0.25) is 0 Å². The molecule has 2 amide bonds. The van der Waals surface area contributed by atoms with Gasteiger partial charge in [-0.1, -0.05) is 30.3 Å². The number of nitrogens with one attached hydrogen (secondary N) is 1. The molecule has 3 aromatic rings. The number of amides is 2. The van der Waals surface area contributed by atoms with Crippen LogP contribution in [0.1, 0.15) is 11.1 Å². The Balaban J connectivity index is 1.77. The molecule has 0 saturated carbocycles. The number of rotatable bonds is 5. The normalized spacial score (nSPS) is 15.7. The second-order valence-electron chi connectivity index (χ2n) is 7.86. The Bertz CT molecular complexity index is 1320. The van der Waals surface area contributed by atoms with E-state index in [2.05, 4.69) is 5.32 Å². The lowest BCUT2D eigenvalue weighted by Crippen LogP contribution is -2.52. The molecule has 1 aliphatic heterocycles. The number of benzene rings is 3. The van der Waals surface area contributed by atoms with E-state index in [-0.39, 0.29) is 29.0 Å². The van der Waals surface area contributed by atoms with Gasteiger partial charge in [0, 0.05) is 18.7 Å². The highest BCUT2D eigenvalue weighted by atomic mass is 32.2. The summed E-state index contributed by atoms with van der Waals surface area (Å²) in [6.45, 7) is 0. The van der Waals surface area contributed by atoms with Gasteiger partial charge in [0.15, 0.2) is 9.84 Å². The molecule has 1 N–H and O–H groups in total. The smallest absolute Gasteiger partial charge is 0.247 e. The second-order valence-corrected chi connectivity index (χ2v) is 9.88. The fourth-order valence-corrected chi connectivity index (χ4v) is 4.51. The number of hydrogen-bond donors (Lipinski definition) is 1. The first-order valence-electron chi connectivity index (χ1n) is 10.1. The van der Waals surface area contributed by atoms with Crippen LogP contribution in [0.15, 0.2) is 71.6 Å². The Hall–Kier alpha value is -3.59. The maximum atomic E-state index is 13.7. The number of anilines is 2. The highest BCUT2D eigenvalue weighted by molar-refractivity contribution is 7.90. The van der Waals surface area contributed by atoms with Gasteiger partial charge in [-0.3, -0.25) is 14.5 Å². The molecule has 4 rings (SSSR count). The molecule has 0 spiro atoms. The van der Waals surface area contributed by atoms with Crippen molar-refractivity contribution in [3.05, 3.63) is 89.5 Å². The molecule has 0 fully saturated rings. The molecular weight excluding hydrogens is 450 g/mol. The van der Waals surface area contributed by atoms with Gasteiger partial charge in [-0.2, -0.15) is 0 Å². The van der Waals surface area contributed by atoms with E-state index >= 15 is 0 Å². The van der Waals surface area contributed by atoms with Crippen LogP contribution >= 0.6 is 0 Å². The fourth-order valence-electron chi connectivity index (χ4n) is 3.86. The minimum atomic E-state index is -3.55. The van der Waals surface area contributed by atoms with Crippen LogP contribution in [0, 0.1) is 11.6 Å². The van der Waals surface area contributed by atoms with Crippen LogP contribution < -0.4 is 10.2 Å². The number of sulfone groups is 1. The van der Waals surface area contributed by atoms with Gasteiger partial charge in [0.25, 0.3) is 0 Å². The lowest BCUT2D eigenvalue weighted by atomic mass is 9.99. The van der Waals surface area contributed by atoms with Gasteiger partial charge < -0.3 is 5.32 Å². The summed E-state index contributed by atoms with van der Waals surface area (Å²) in [4.78, 5) is 27.6. The summed E-state index contributed by atoms with van der Waals surface area (Å²) in [7, 11) is -3.55. The van der Waals surface area contributed by atoms with Gasteiger partial charge >= 0.3 is 0 Å². The third kappa shape index (κ3) is 4.93. The van der Waals surface area contributed by atoms with E-state index in [0.29, 0.717) is 11.8 Å². The van der Waals surface area contributed by atoms with E-state index in [1.165, 1.54) is 23.1 Å². The van der Waals surface area contributed by atoms with E-state index in [4.69, 9.17) is 0 Å². The number of carbonyl (C=O) groups excluding carboxylic acids is 2. The summed E-state index contributed by atoms with van der Waals surface area (Å²) in [5.41, 5.74) is 1.41. The Kier molecular flexibility index (Phi) is 5.99. The molecular formula is C24H20F2N2O4S. The largest absolute Gasteiger partial charge is 0.322 e. The number of fused-ring (bicyclic) bond motifs is 1. The molecule has 0 bridgehead atoms. The summed E-state index contributed by atoms with van der Waals surface area (Å²) >= 11 is 0. The molecule has 1 atom stereocenters. The predicted octanol–water partition coefficient (Wildman–Crippen LogP) is 3.51. The zero-order valence-electron chi connectivity index (χ0n) is 17.6. The first kappa shape index (κ1) is 22.6. The van der Waals surface area contributed by atoms with Crippen molar-refractivity contribution in [2.45, 2.75) is 23.8 Å². The monoisotopic (exact) mass is 470 g/mol. The third-order valence-electron chi connectivity index (χ3n) is 5.35. The Labute approximate surface area is 189 Å². The van der Waals surface area contributed by atoms with Crippen LogP contribution in [-0.4, -0.2) is 32.5 Å². The number of halogens is 2. The topological polar surface area (TPSA) is 83.6 Å². The van der Waals surface area contributed by atoms with E-state index in [9.17, 15) is 26.8 Å². The Morgan fingerprint density at radius 1 is 0.970 bits per heavy atom. The SMILES string of the molecule is CS(=O)(=O)c1ccc2c(c1)NC(=O)[C@H](Cc1ccccc1)N2C(=O)Cc1cc(F)cc(F)c1. The molecule has 9 heteroatoms. The van der Waals surface area contributed by atoms with Gasteiger partial charge in [0.1, 0.15) is 17.7 Å². The highest BCUT2D eigenvalue weighted by Gasteiger charge is 2.37. The van der Waals surface area contributed by atoms with Gasteiger partial charge in [0.2, 0.25) is 11.8 Å². The molecule has 0 saturated heterocycles. The molecule has 0 radical (unpaired) electrons. The van der Waals surface area contributed by atoms with E-state index in [0.717, 1.165) is 24.0 Å². The average Bonchev–Trinajstić information content (AvgIpc) is 2.73. The maximum absolute atomic E-state index is 13.7. The van der Waals surface area contributed by atoms with E-state index in [1.807, 2.05) is 30.3 Å². The van der Waals surface area contributed by atoms with Crippen molar-refractivity contribution >= 4 is 33.0 Å². The van der Waals surface area contributed by atoms with Gasteiger partial charge in [-0.25, -0.2) is 17.2 Å². The summed E-state index contributed by atoms with van der Waals surface area (Å²) in [6, 6.07) is 15.1. The van der Waals surface area contributed by atoms with Crippen molar-refractivity contribution in [2.75, 3.05) is 16.5 Å². The van der Waals surface area contributed by atoms with Crippen LogP contribution in [0.4, 0.5) is 20.2 Å². The summed E-state index contributed by atoms with van der Waals surface area (Å²) in [5.74, 6) is -2.67. The Morgan fingerprint density at radius 3 is 2.27 bits per heavy atom. The minimum absolute atomic E-state index is 0.0114. The van der Waals surface area contributed by atoms with E-state index < -0.39 is 39.3 Å². The van der Waals surface area contributed by atoms with Gasteiger partial charge in [-0.15, -0.1) is 0 Å². The summed E-state index contributed by atoms with van der Waals surface area (Å²) in [5, 5.41) is 2.69. The van der Waals surface area contributed by atoms with Crippen molar-refractivity contribution in [1.82, 2.24) is 0 Å². The van der Waals surface area contributed by atoms with Crippen molar-refractivity contribution in [3.63, 3.8) is 0 Å². The average molecular weight is 470 g/mol.